The van der Waals surface area contributed by atoms with Crippen molar-refractivity contribution in [2.24, 2.45) is 0 Å². The molecule has 2 aromatic heterocycles. The van der Waals surface area contributed by atoms with Crippen molar-refractivity contribution in [1.82, 2.24) is 30.0 Å². The molecule has 24 heavy (non-hydrogen) atoms. The molecule has 4 rings (SSSR count). The highest BCUT2D eigenvalue weighted by atomic mass is 16.2. The van der Waals surface area contributed by atoms with Gasteiger partial charge >= 0.3 is 0 Å². The molecule has 2 fully saturated rings. The fourth-order valence-electron chi connectivity index (χ4n) is 3.62. The van der Waals surface area contributed by atoms with E-state index in [1.54, 1.807) is 12.4 Å². The van der Waals surface area contributed by atoms with Gasteiger partial charge in [0, 0.05) is 31.0 Å². The first-order valence-electron chi connectivity index (χ1n) is 8.66. The van der Waals surface area contributed by atoms with Gasteiger partial charge in [0.2, 0.25) is 5.91 Å². The number of likely N-dealkylation sites (tertiary alicyclic amines) is 2. The van der Waals surface area contributed by atoms with Gasteiger partial charge in [0.05, 0.1) is 12.6 Å². The Morgan fingerprint density at radius 2 is 1.96 bits per heavy atom. The van der Waals surface area contributed by atoms with Crippen molar-refractivity contribution in [2.45, 2.75) is 31.7 Å². The van der Waals surface area contributed by atoms with E-state index in [0.717, 1.165) is 56.7 Å². The molecule has 0 unspecified atom stereocenters. The lowest BCUT2D eigenvalue weighted by Crippen LogP contribution is -2.38. The van der Waals surface area contributed by atoms with Gasteiger partial charge in [-0.2, -0.15) is 5.10 Å². The Bertz CT molecular complexity index is 694. The third-order valence-electron chi connectivity index (χ3n) is 4.92. The molecule has 2 aromatic rings. The number of rotatable bonds is 4. The molecule has 126 valence electrons. The lowest BCUT2D eigenvalue weighted by molar-refractivity contribution is -0.131. The summed E-state index contributed by atoms with van der Waals surface area (Å²) >= 11 is 0. The number of nitrogens with one attached hydrogen (secondary N) is 1. The minimum absolute atomic E-state index is 0.152. The number of carbonyl (C=O) groups excluding carboxylic acids is 1. The van der Waals surface area contributed by atoms with Crippen molar-refractivity contribution in [3.05, 3.63) is 30.4 Å². The first-order valence-corrected chi connectivity index (χ1v) is 8.66. The van der Waals surface area contributed by atoms with E-state index in [2.05, 4.69) is 25.1 Å². The summed E-state index contributed by atoms with van der Waals surface area (Å²) in [5, 5.41) is 7.41. The highest BCUT2D eigenvalue weighted by Gasteiger charge is 2.31. The molecule has 2 aliphatic rings. The van der Waals surface area contributed by atoms with Crippen LogP contribution in [0.25, 0.3) is 11.4 Å². The Balaban J connectivity index is 1.47. The molecule has 1 amide bonds. The zero-order valence-corrected chi connectivity index (χ0v) is 13.7. The Morgan fingerprint density at radius 3 is 2.75 bits per heavy atom. The minimum Gasteiger partial charge on any atom is -0.342 e. The fourth-order valence-corrected chi connectivity index (χ4v) is 3.62. The average Bonchev–Trinajstić information content (AvgIpc) is 3.36. The third kappa shape index (κ3) is 3.03. The van der Waals surface area contributed by atoms with Crippen LogP contribution >= 0.6 is 0 Å². The molecule has 7 heteroatoms. The molecule has 4 heterocycles. The summed E-state index contributed by atoms with van der Waals surface area (Å²) in [4.78, 5) is 25.3. The molecule has 1 N–H and O–H groups in total. The Labute approximate surface area is 141 Å². The zero-order chi connectivity index (χ0) is 16.4. The van der Waals surface area contributed by atoms with E-state index in [0.29, 0.717) is 12.4 Å². The third-order valence-corrected chi connectivity index (χ3v) is 4.92. The topological polar surface area (TPSA) is 78.0 Å². The monoisotopic (exact) mass is 326 g/mol. The number of hydrogen-bond donors (Lipinski definition) is 1. The second kappa shape index (κ2) is 6.68. The maximum absolute atomic E-state index is 12.4. The molecule has 2 saturated heterocycles. The highest BCUT2D eigenvalue weighted by Crippen LogP contribution is 2.30. The first kappa shape index (κ1) is 15.3. The summed E-state index contributed by atoms with van der Waals surface area (Å²) < 4.78 is 0. The summed E-state index contributed by atoms with van der Waals surface area (Å²) in [6, 6.07) is 3.95. The normalized spacial score (nSPS) is 21.5. The van der Waals surface area contributed by atoms with E-state index in [1.807, 2.05) is 17.0 Å². The van der Waals surface area contributed by atoms with Gasteiger partial charge in [-0.05, 0) is 44.4 Å². The number of hydrogen-bond acceptors (Lipinski definition) is 5. The van der Waals surface area contributed by atoms with Gasteiger partial charge in [-0.25, -0.2) is 4.98 Å². The van der Waals surface area contributed by atoms with Gasteiger partial charge in [0.15, 0.2) is 5.82 Å². The number of aromatic amines is 1. The molecule has 2 aliphatic heterocycles. The predicted molar refractivity (Wildman–Crippen MR) is 89.0 cm³/mol. The first-order chi connectivity index (χ1) is 11.8. The number of carbonyl (C=O) groups is 1. The van der Waals surface area contributed by atoms with Gasteiger partial charge in [0.1, 0.15) is 5.82 Å². The number of nitrogens with zero attached hydrogens (tertiary/aromatic N) is 5. The maximum atomic E-state index is 12.4. The molecule has 0 radical (unpaired) electrons. The molecule has 0 aromatic carbocycles. The van der Waals surface area contributed by atoms with Crippen LogP contribution in [0.2, 0.25) is 0 Å². The molecular formula is C17H22N6O. The van der Waals surface area contributed by atoms with Crippen molar-refractivity contribution >= 4 is 5.91 Å². The van der Waals surface area contributed by atoms with Crippen LogP contribution in [0.1, 0.15) is 37.5 Å². The van der Waals surface area contributed by atoms with Crippen LogP contribution in [0.4, 0.5) is 0 Å². The van der Waals surface area contributed by atoms with Crippen molar-refractivity contribution in [2.75, 3.05) is 26.2 Å². The second-order valence-electron chi connectivity index (χ2n) is 6.50. The molecule has 0 spiro atoms. The van der Waals surface area contributed by atoms with Gasteiger partial charge < -0.3 is 4.90 Å². The van der Waals surface area contributed by atoms with E-state index in [1.165, 1.54) is 0 Å². The molecule has 0 saturated carbocycles. The van der Waals surface area contributed by atoms with Crippen LogP contribution in [0.3, 0.4) is 0 Å². The average molecular weight is 326 g/mol. The van der Waals surface area contributed by atoms with Crippen molar-refractivity contribution in [3.63, 3.8) is 0 Å². The largest absolute Gasteiger partial charge is 0.342 e. The molecule has 7 nitrogen and oxygen atoms in total. The summed E-state index contributed by atoms with van der Waals surface area (Å²) in [7, 11) is 0. The van der Waals surface area contributed by atoms with Gasteiger partial charge in [0.25, 0.3) is 0 Å². The van der Waals surface area contributed by atoms with E-state index in [-0.39, 0.29) is 11.9 Å². The lowest BCUT2D eigenvalue weighted by atomic mass is 10.2. The highest BCUT2D eigenvalue weighted by molar-refractivity contribution is 5.78. The lowest BCUT2D eigenvalue weighted by Gasteiger charge is -2.24. The Morgan fingerprint density at radius 1 is 1.17 bits per heavy atom. The van der Waals surface area contributed by atoms with Crippen LogP contribution in [0.5, 0.6) is 0 Å². The SMILES string of the molecule is O=C(CN1CCC[C@@H]1c1nc(-c2ccncc2)n[nH]1)N1CCCC1. The standard InChI is InChI=1S/C17H22N6O/c24-15(22-9-1-2-10-22)12-23-11-3-4-14(23)17-19-16(20-21-17)13-5-7-18-8-6-13/h5-8,14H,1-4,9-12H2,(H,19,20,21)/t14-/m1/s1. The molecule has 1 atom stereocenters. The van der Waals surface area contributed by atoms with Crippen molar-refractivity contribution < 1.29 is 4.79 Å². The van der Waals surface area contributed by atoms with Crippen LogP contribution in [0, 0.1) is 0 Å². The van der Waals surface area contributed by atoms with Gasteiger partial charge in [-0.3, -0.25) is 19.8 Å². The van der Waals surface area contributed by atoms with Crippen LogP contribution in [-0.2, 0) is 4.79 Å². The van der Waals surface area contributed by atoms with Gasteiger partial charge in [-0.1, -0.05) is 0 Å². The summed E-state index contributed by atoms with van der Waals surface area (Å²) in [6.45, 7) is 3.24. The van der Waals surface area contributed by atoms with Crippen LogP contribution < -0.4 is 0 Å². The number of aromatic nitrogens is 4. The number of amides is 1. The zero-order valence-electron chi connectivity index (χ0n) is 13.7. The molecule has 0 bridgehead atoms. The van der Waals surface area contributed by atoms with Crippen molar-refractivity contribution in [3.8, 4) is 11.4 Å². The Kier molecular flexibility index (Phi) is 4.25. The van der Waals surface area contributed by atoms with Crippen LogP contribution in [0.15, 0.2) is 24.5 Å². The van der Waals surface area contributed by atoms with Gasteiger partial charge in [-0.15, -0.1) is 0 Å². The summed E-state index contributed by atoms with van der Waals surface area (Å²) in [6.07, 6.45) is 7.84. The number of H-pyrrole nitrogens is 1. The molecular weight excluding hydrogens is 304 g/mol. The summed E-state index contributed by atoms with van der Waals surface area (Å²) in [5.41, 5.74) is 0.949. The second-order valence-corrected chi connectivity index (χ2v) is 6.50. The van der Waals surface area contributed by atoms with E-state index >= 15 is 0 Å². The molecule has 0 aliphatic carbocycles. The Hall–Kier alpha value is -2.28. The number of pyridine rings is 1. The minimum atomic E-state index is 0.152. The fraction of sp³-hybridized carbons (Fsp3) is 0.529. The van der Waals surface area contributed by atoms with E-state index in [4.69, 9.17) is 0 Å². The summed E-state index contributed by atoms with van der Waals surface area (Å²) in [5.74, 6) is 1.78. The van der Waals surface area contributed by atoms with E-state index < -0.39 is 0 Å². The maximum Gasteiger partial charge on any atom is 0.236 e. The predicted octanol–water partition coefficient (Wildman–Crippen LogP) is 1.63. The quantitative estimate of drug-likeness (QED) is 0.924. The van der Waals surface area contributed by atoms with E-state index in [9.17, 15) is 4.79 Å². The smallest absolute Gasteiger partial charge is 0.236 e. The van der Waals surface area contributed by atoms with Crippen molar-refractivity contribution in [1.29, 1.82) is 0 Å². The van der Waals surface area contributed by atoms with Crippen LogP contribution in [-0.4, -0.2) is 62.1 Å².